The highest BCUT2D eigenvalue weighted by Gasteiger charge is 2.43. The van der Waals surface area contributed by atoms with E-state index in [4.69, 9.17) is 4.74 Å². The van der Waals surface area contributed by atoms with Gasteiger partial charge in [-0.15, -0.1) is 12.4 Å². The minimum Gasteiger partial charge on any atom is -0.465 e. The molecular formula is C22H23ClN2O2. The summed E-state index contributed by atoms with van der Waals surface area (Å²) in [6, 6.07) is 19.4. The number of carbonyl (C=O) groups excluding carboxylic acids is 1. The molecule has 2 fully saturated rings. The molecule has 140 valence electrons. The Morgan fingerprint density at radius 1 is 0.963 bits per heavy atom. The minimum absolute atomic E-state index is 0. The highest BCUT2D eigenvalue weighted by atomic mass is 35.5. The lowest BCUT2D eigenvalue weighted by molar-refractivity contribution is -0.141. The lowest BCUT2D eigenvalue weighted by Crippen LogP contribution is -2.23. The molecule has 0 bridgehead atoms. The van der Waals surface area contributed by atoms with Crippen molar-refractivity contribution in [1.29, 1.82) is 0 Å². The normalized spacial score (nSPS) is 21.9. The van der Waals surface area contributed by atoms with Crippen molar-refractivity contribution in [3.05, 3.63) is 71.9 Å². The molecule has 5 rings (SSSR count). The highest BCUT2D eigenvalue weighted by Crippen LogP contribution is 2.31. The Balaban J connectivity index is 0.00000180. The van der Waals surface area contributed by atoms with Crippen LogP contribution >= 0.6 is 12.4 Å². The fourth-order valence-electron chi connectivity index (χ4n) is 4.33. The molecule has 0 amide bonds. The average molecular weight is 383 g/mol. The lowest BCUT2D eigenvalue weighted by atomic mass is 10.0. The smallest absolute Gasteiger partial charge is 0.310 e. The number of aromatic nitrogens is 1. The van der Waals surface area contributed by atoms with Gasteiger partial charge in [0.15, 0.2) is 0 Å². The largest absolute Gasteiger partial charge is 0.465 e. The molecule has 3 aromatic rings. The van der Waals surface area contributed by atoms with Crippen LogP contribution in [0.5, 0.6) is 0 Å². The maximum Gasteiger partial charge on any atom is 0.310 e. The molecule has 2 saturated heterocycles. The Bertz CT molecular complexity index is 953. The van der Waals surface area contributed by atoms with Crippen LogP contribution in [0.4, 0.5) is 0 Å². The van der Waals surface area contributed by atoms with Crippen molar-refractivity contribution in [3.63, 3.8) is 0 Å². The molecule has 5 heteroatoms. The van der Waals surface area contributed by atoms with Crippen LogP contribution in [0, 0.1) is 11.8 Å². The quantitative estimate of drug-likeness (QED) is 0.645. The number of hydrogen-bond donors (Lipinski definition) is 0. The molecule has 0 unspecified atom stereocenters. The van der Waals surface area contributed by atoms with Crippen LogP contribution in [-0.4, -0.2) is 35.1 Å². The van der Waals surface area contributed by atoms with Gasteiger partial charge in [-0.2, -0.15) is 0 Å². The second-order valence-electron chi connectivity index (χ2n) is 7.51. The minimum atomic E-state index is -0.00955. The Morgan fingerprint density at radius 3 is 2.63 bits per heavy atom. The SMILES string of the molecule is Cl.O=C1OC[C@H]2CN(Cc3ccc4ccn(Cc5ccccc5)c4c3)C[C@@H]12. The molecule has 0 spiro atoms. The van der Waals surface area contributed by atoms with Crippen LogP contribution in [0.15, 0.2) is 60.8 Å². The Morgan fingerprint density at radius 2 is 1.81 bits per heavy atom. The van der Waals surface area contributed by atoms with Crippen LogP contribution in [0.3, 0.4) is 0 Å². The first kappa shape index (κ1) is 18.1. The van der Waals surface area contributed by atoms with Gasteiger partial charge in [0.1, 0.15) is 0 Å². The number of fused-ring (bicyclic) bond motifs is 2. The maximum atomic E-state index is 11.8. The number of rotatable bonds is 4. The molecule has 1 aromatic heterocycles. The fraction of sp³-hybridized carbons (Fsp3) is 0.318. The summed E-state index contributed by atoms with van der Waals surface area (Å²) in [6.45, 7) is 4.16. The van der Waals surface area contributed by atoms with E-state index in [0.717, 1.165) is 26.2 Å². The molecule has 2 atom stereocenters. The number of ether oxygens (including phenoxy) is 1. The molecule has 0 radical (unpaired) electrons. The molecule has 0 N–H and O–H groups in total. The molecule has 0 saturated carbocycles. The summed E-state index contributed by atoms with van der Waals surface area (Å²) in [5, 5.41) is 1.27. The predicted molar refractivity (Wildman–Crippen MR) is 108 cm³/mol. The summed E-state index contributed by atoms with van der Waals surface area (Å²) in [4.78, 5) is 14.2. The van der Waals surface area contributed by atoms with E-state index in [2.05, 4.69) is 70.3 Å². The van der Waals surface area contributed by atoms with E-state index in [1.165, 1.54) is 22.0 Å². The van der Waals surface area contributed by atoms with Gasteiger partial charge in [0.05, 0.1) is 12.5 Å². The zero-order chi connectivity index (χ0) is 17.5. The first-order valence-corrected chi connectivity index (χ1v) is 9.27. The van der Waals surface area contributed by atoms with Crippen molar-refractivity contribution >= 4 is 29.3 Å². The Hall–Kier alpha value is -2.30. The van der Waals surface area contributed by atoms with Crippen molar-refractivity contribution in [2.24, 2.45) is 11.8 Å². The van der Waals surface area contributed by atoms with Gasteiger partial charge in [-0.05, 0) is 28.6 Å². The summed E-state index contributed by atoms with van der Waals surface area (Å²) in [7, 11) is 0. The number of halogens is 1. The number of benzene rings is 2. The van der Waals surface area contributed by atoms with Gasteiger partial charge >= 0.3 is 5.97 Å². The van der Waals surface area contributed by atoms with Crippen molar-refractivity contribution < 1.29 is 9.53 Å². The van der Waals surface area contributed by atoms with E-state index < -0.39 is 0 Å². The first-order chi connectivity index (χ1) is 12.8. The predicted octanol–water partition coefficient (Wildman–Crippen LogP) is 3.72. The lowest BCUT2D eigenvalue weighted by Gasteiger charge is -2.17. The van der Waals surface area contributed by atoms with Crippen molar-refractivity contribution in [3.8, 4) is 0 Å². The van der Waals surface area contributed by atoms with Crippen LogP contribution in [-0.2, 0) is 22.6 Å². The number of nitrogens with zero attached hydrogens (tertiary/aromatic N) is 2. The summed E-state index contributed by atoms with van der Waals surface area (Å²) in [6.07, 6.45) is 2.16. The molecule has 2 aliphatic heterocycles. The molecule has 0 aliphatic carbocycles. The van der Waals surface area contributed by atoms with Crippen LogP contribution in [0.2, 0.25) is 0 Å². The van der Waals surface area contributed by atoms with Crippen molar-refractivity contribution in [2.45, 2.75) is 13.1 Å². The Labute approximate surface area is 165 Å². The molecule has 27 heavy (non-hydrogen) atoms. The van der Waals surface area contributed by atoms with Crippen molar-refractivity contribution in [2.75, 3.05) is 19.7 Å². The number of esters is 1. The number of hydrogen-bond acceptors (Lipinski definition) is 3. The fourth-order valence-corrected chi connectivity index (χ4v) is 4.33. The van der Waals surface area contributed by atoms with Gasteiger partial charge in [0.2, 0.25) is 0 Å². The van der Waals surface area contributed by atoms with Gasteiger partial charge < -0.3 is 9.30 Å². The summed E-state index contributed by atoms with van der Waals surface area (Å²) in [5.41, 5.74) is 3.88. The summed E-state index contributed by atoms with van der Waals surface area (Å²) >= 11 is 0. The van der Waals surface area contributed by atoms with E-state index >= 15 is 0 Å². The molecule has 2 aliphatic rings. The van der Waals surface area contributed by atoms with Gasteiger partial charge in [0.25, 0.3) is 0 Å². The van der Waals surface area contributed by atoms with Crippen molar-refractivity contribution in [1.82, 2.24) is 9.47 Å². The van der Waals surface area contributed by atoms with E-state index in [9.17, 15) is 4.79 Å². The third-order valence-corrected chi connectivity index (χ3v) is 5.70. The number of likely N-dealkylation sites (tertiary alicyclic amines) is 1. The van der Waals surface area contributed by atoms with E-state index in [-0.39, 0.29) is 24.3 Å². The second kappa shape index (κ2) is 7.37. The van der Waals surface area contributed by atoms with Crippen LogP contribution < -0.4 is 0 Å². The summed E-state index contributed by atoms with van der Waals surface area (Å²) in [5.74, 6) is 0.457. The third kappa shape index (κ3) is 3.47. The number of carbonyl (C=O) groups is 1. The third-order valence-electron chi connectivity index (χ3n) is 5.70. The standard InChI is InChI=1S/C22H22N2O2.ClH/c25-22-20-14-23(13-19(20)15-26-22)11-17-6-7-18-8-9-24(21(18)10-17)12-16-4-2-1-3-5-16;/h1-10,19-20H,11-15H2;1H/t19-,20-;/m1./s1. The monoisotopic (exact) mass is 382 g/mol. The topological polar surface area (TPSA) is 34.5 Å². The zero-order valence-corrected chi connectivity index (χ0v) is 15.9. The van der Waals surface area contributed by atoms with E-state index in [0.29, 0.717) is 12.5 Å². The van der Waals surface area contributed by atoms with Gasteiger partial charge in [0, 0.05) is 43.8 Å². The maximum absolute atomic E-state index is 11.8. The van der Waals surface area contributed by atoms with Gasteiger partial charge in [-0.25, -0.2) is 0 Å². The van der Waals surface area contributed by atoms with Crippen LogP contribution in [0.25, 0.3) is 10.9 Å². The first-order valence-electron chi connectivity index (χ1n) is 9.27. The van der Waals surface area contributed by atoms with Crippen LogP contribution in [0.1, 0.15) is 11.1 Å². The molecule has 4 nitrogen and oxygen atoms in total. The van der Waals surface area contributed by atoms with Gasteiger partial charge in [-0.1, -0.05) is 42.5 Å². The summed E-state index contributed by atoms with van der Waals surface area (Å²) < 4.78 is 7.48. The Kier molecular flexibility index (Phi) is 4.94. The van der Waals surface area contributed by atoms with E-state index in [1.807, 2.05) is 0 Å². The molecule has 2 aromatic carbocycles. The second-order valence-corrected chi connectivity index (χ2v) is 7.51. The van der Waals surface area contributed by atoms with E-state index in [1.54, 1.807) is 0 Å². The molecular weight excluding hydrogens is 360 g/mol. The van der Waals surface area contributed by atoms with Gasteiger partial charge in [-0.3, -0.25) is 9.69 Å². The number of cyclic esters (lactones) is 1. The molecule has 3 heterocycles. The zero-order valence-electron chi connectivity index (χ0n) is 15.1. The highest BCUT2D eigenvalue weighted by molar-refractivity contribution is 5.85. The average Bonchev–Trinajstić information content (AvgIpc) is 3.33.